The second kappa shape index (κ2) is 6.39. The Morgan fingerprint density at radius 2 is 2.45 bits per heavy atom. The van der Waals surface area contributed by atoms with Crippen LogP contribution in [0.2, 0.25) is 0 Å². The average Bonchev–Trinajstić information content (AvgIpc) is 2.01. The van der Waals surface area contributed by atoms with E-state index in [1.807, 2.05) is 0 Å². The zero-order chi connectivity index (χ0) is 8.69. The highest BCUT2D eigenvalue weighted by atomic mass is 35.5. The first-order valence-electron chi connectivity index (χ1n) is 3.29. The quantitative estimate of drug-likeness (QED) is 0.465. The molecule has 0 saturated heterocycles. The molecule has 2 N–H and O–H groups in total. The van der Waals surface area contributed by atoms with Crippen LogP contribution in [0.5, 0.6) is 0 Å². The van der Waals surface area contributed by atoms with Crippen LogP contribution in [0.15, 0.2) is 0 Å². The molecule has 0 heterocycles. The van der Waals surface area contributed by atoms with Crippen LogP contribution < -0.4 is 4.84 Å². The van der Waals surface area contributed by atoms with Crippen molar-refractivity contribution in [2.24, 2.45) is 0 Å². The van der Waals surface area contributed by atoms with Crippen LogP contribution in [0.3, 0.4) is 0 Å². The molecule has 0 aromatic carbocycles. The predicted octanol–water partition coefficient (Wildman–Crippen LogP) is 0.0439. The Kier molecular flexibility index (Phi) is 6.21. The summed E-state index contributed by atoms with van der Waals surface area (Å²) in [6.07, 6.45) is -0.00517. The highest BCUT2D eigenvalue weighted by Crippen LogP contribution is 1.97. The highest BCUT2D eigenvalue weighted by Gasteiger charge is 2.06. The first kappa shape index (κ1) is 10.7. The van der Waals surface area contributed by atoms with Crippen molar-refractivity contribution in [1.29, 1.82) is 0 Å². The third kappa shape index (κ3) is 6.09. The Morgan fingerprint density at radius 3 is 2.91 bits per heavy atom. The van der Waals surface area contributed by atoms with Crippen molar-refractivity contribution in [2.45, 2.75) is 18.9 Å². The largest absolute Gasteiger partial charge is 0.469 e. The van der Waals surface area contributed by atoms with Gasteiger partial charge in [0.2, 0.25) is 0 Å². The Morgan fingerprint density at radius 1 is 1.82 bits per heavy atom. The summed E-state index contributed by atoms with van der Waals surface area (Å²) in [5.41, 5.74) is 0. The van der Waals surface area contributed by atoms with Crippen LogP contribution in [0.1, 0.15) is 12.8 Å². The average molecular weight is 182 g/mol. The Hall–Kier alpha value is -0.320. The van der Waals surface area contributed by atoms with E-state index in [0.717, 1.165) is 0 Å². The third-order valence-corrected chi connectivity index (χ3v) is 1.38. The number of esters is 1. The Labute approximate surface area is 70.6 Å². The fourth-order valence-electron chi connectivity index (χ4n) is 0.578. The molecule has 0 saturated carbocycles. The molecular formula is C6H12ClNO3. The molecule has 11 heavy (non-hydrogen) atoms. The van der Waals surface area contributed by atoms with Gasteiger partial charge in [-0.2, -0.15) is 0 Å². The number of carbonyl (C=O) groups is 1. The first-order chi connectivity index (χ1) is 5.20. The monoisotopic (exact) mass is 181 g/mol. The van der Waals surface area contributed by atoms with Crippen molar-refractivity contribution in [1.82, 2.24) is 4.84 Å². The number of ether oxygens (including phenoxy) is 1. The maximum absolute atomic E-state index is 10.5. The van der Waals surface area contributed by atoms with Gasteiger partial charge in [0.15, 0.2) is 0 Å². The molecule has 0 amide bonds. The molecule has 0 radical (unpaired) electrons. The normalized spacial score (nSPS) is 12.6. The molecular weight excluding hydrogens is 170 g/mol. The van der Waals surface area contributed by atoms with Gasteiger partial charge in [-0.1, -0.05) is 0 Å². The van der Waals surface area contributed by atoms with E-state index in [9.17, 15) is 4.79 Å². The lowest BCUT2D eigenvalue weighted by atomic mass is 10.2. The van der Waals surface area contributed by atoms with Gasteiger partial charge in [-0.3, -0.25) is 4.79 Å². The molecule has 0 aliphatic heterocycles. The van der Waals surface area contributed by atoms with Crippen LogP contribution in [0.25, 0.3) is 0 Å². The molecule has 0 aromatic rings. The van der Waals surface area contributed by atoms with Crippen LogP contribution in [0.4, 0.5) is 0 Å². The molecule has 0 bridgehead atoms. The fourth-order valence-corrected chi connectivity index (χ4v) is 0.756. The fraction of sp³-hybridized carbons (Fsp3) is 0.833. The summed E-state index contributed by atoms with van der Waals surface area (Å²) in [6, 6.07) is 0. The minimum Gasteiger partial charge on any atom is -0.469 e. The van der Waals surface area contributed by atoms with E-state index in [-0.39, 0.29) is 18.9 Å². The predicted molar refractivity (Wildman–Crippen MR) is 41.1 cm³/mol. The number of halogens is 1. The standard InChI is InChI=1S/C6H12ClNO3/c1-11-6(10)3-2-5(9)4-8-7/h5,8-9H,2-4H2,1H3. The van der Waals surface area contributed by atoms with E-state index in [2.05, 4.69) is 9.57 Å². The molecule has 0 rings (SSSR count). The second-order valence-electron chi connectivity index (χ2n) is 2.11. The van der Waals surface area contributed by atoms with E-state index in [1.165, 1.54) is 7.11 Å². The summed E-state index contributed by atoms with van der Waals surface area (Å²) in [7, 11) is 1.31. The van der Waals surface area contributed by atoms with Gasteiger partial charge in [0.1, 0.15) is 0 Å². The first-order valence-corrected chi connectivity index (χ1v) is 3.67. The summed E-state index contributed by atoms with van der Waals surface area (Å²) in [5.74, 6) is -0.321. The molecule has 1 unspecified atom stereocenters. The summed E-state index contributed by atoms with van der Waals surface area (Å²) in [5, 5.41) is 9.04. The number of carbonyl (C=O) groups excluding carboxylic acids is 1. The molecule has 0 aliphatic rings. The van der Waals surface area contributed by atoms with Crippen LogP contribution in [0, 0.1) is 0 Å². The third-order valence-electron chi connectivity index (χ3n) is 1.22. The SMILES string of the molecule is COC(=O)CCC(O)CNCl. The van der Waals surface area contributed by atoms with Crippen molar-refractivity contribution in [3.63, 3.8) is 0 Å². The number of methoxy groups -OCH3 is 1. The van der Waals surface area contributed by atoms with Crippen molar-refractivity contribution in [3.8, 4) is 0 Å². The van der Waals surface area contributed by atoms with Crippen molar-refractivity contribution < 1.29 is 14.6 Å². The maximum Gasteiger partial charge on any atom is 0.305 e. The van der Waals surface area contributed by atoms with E-state index in [4.69, 9.17) is 16.9 Å². The maximum atomic E-state index is 10.5. The number of aliphatic hydroxyl groups is 1. The lowest BCUT2D eigenvalue weighted by molar-refractivity contribution is -0.141. The zero-order valence-corrected chi connectivity index (χ0v) is 7.10. The van der Waals surface area contributed by atoms with Gasteiger partial charge in [0.05, 0.1) is 13.2 Å². The molecule has 0 spiro atoms. The molecule has 66 valence electrons. The molecule has 0 aliphatic carbocycles. The number of hydrogen-bond donors (Lipinski definition) is 2. The van der Waals surface area contributed by atoms with E-state index in [0.29, 0.717) is 6.42 Å². The van der Waals surface area contributed by atoms with Crippen molar-refractivity contribution >= 4 is 17.7 Å². The minimum atomic E-state index is -0.591. The van der Waals surface area contributed by atoms with E-state index in [1.54, 1.807) is 0 Å². The number of nitrogens with one attached hydrogen (secondary N) is 1. The minimum absolute atomic E-state index is 0.218. The topological polar surface area (TPSA) is 58.6 Å². The van der Waals surface area contributed by atoms with Crippen LogP contribution in [-0.2, 0) is 9.53 Å². The van der Waals surface area contributed by atoms with Gasteiger partial charge < -0.3 is 9.84 Å². The zero-order valence-electron chi connectivity index (χ0n) is 6.34. The van der Waals surface area contributed by atoms with E-state index < -0.39 is 6.10 Å². The number of aliphatic hydroxyl groups excluding tert-OH is 1. The molecule has 4 nitrogen and oxygen atoms in total. The molecule has 0 aromatic heterocycles. The van der Waals surface area contributed by atoms with Crippen molar-refractivity contribution in [3.05, 3.63) is 0 Å². The lowest BCUT2D eigenvalue weighted by Crippen LogP contribution is -2.21. The summed E-state index contributed by atoms with van der Waals surface area (Å²) in [4.78, 5) is 12.8. The summed E-state index contributed by atoms with van der Waals surface area (Å²) >= 11 is 5.12. The van der Waals surface area contributed by atoms with Gasteiger partial charge in [0, 0.05) is 13.0 Å². The lowest BCUT2D eigenvalue weighted by Gasteiger charge is -2.06. The van der Waals surface area contributed by atoms with Gasteiger partial charge in [-0.05, 0) is 18.2 Å². The Balaban J connectivity index is 3.29. The van der Waals surface area contributed by atoms with Gasteiger partial charge >= 0.3 is 5.97 Å². The number of hydrogen-bond acceptors (Lipinski definition) is 4. The van der Waals surface area contributed by atoms with Crippen molar-refractivity contribution in [2.75, 3.05) is 13.7 Å². The van der Waals surface area contributed by atoms with Gasteiger partial charge in [-0.25, -0.2) is 4.84 Å². The molecule has 5 heteroatoms. The van der Waals surface area contributed by atoms with Crippen LogP contribution >= 0.6 is 11.8 Å². The highest BCUT2D eigenvalue weighted by molar-refractivity contribution is 6.13. The smallest absolute Gasteiger partial charge is 0.305 e. The summed E-state index contributed by atoms with van der Waals surface area (Å²) < 4.78 is 4.38. The molecule has 0 fully saturated rings. The molecule has 1 atom stereocenters. The second-order valence-corrected chi connectivity index (χ2v) is 2.37. The van der Waals surface area contributed by atoms with Gasteiger partial charge in [-0.15, -0.1) is 0 Å². The Bertz CT molecular complexity index is 120. The summed E-state index contributed by atoms with van der Waals surface area (Å²) in [6.45, 7) is 0.276. The van der Waals surface area contributed by atoms with E-state index >= 15 is 0 Å². The van der Waals surface area contributed by atoms with Gasteiger partial charge in [0.25, 0.3) is 0 Å². The number of rotatable bonds is 5. The van der Waals surface area contributed by atoms with Crippen LogP contribution in [-0.4, -0.2) is 30.8 Å².